The minimum atomic E-state index is -0.508. The highest BCUT2D eigenvalue weighted by Crippen LogP contribution is 2.13. The van der Waals surface area contributed by atoms with Gasteiger partial charge in [-0.15, -0.1) is 11.6 Å². The topological polar surface area (TPSA) is 37.0 Å². The Bertz CT molecular complexity index is 238. The Hall–Kier alpha value is -0.440. The zero-order chi connectivity index (χ0) is 10.3. The van der Waals surface area contributed by atoms with Gasteiger partial charge in [0.1, 0.15) is 0 Å². The molecule has 71 valence electrons. The molecule has 0 aliphatic rings. The summed E-state index contributed by atoms with van der Waals surface area (Å²) in [5.41, 5.74) is 0. The number of halogens is 3. The number of benzene rings is 1. The highest BCUT2D eigenvalue weighted by Gasteiger charge is 1.86. The van der Waals surface area contributed by atoms with Crippen LogP contribution >= 0.6 is 34.8 Å². The van der Waals surface area contributed by atoms with Gasteiger partial charge in [-0.1, -0.05) is 11.6 Å². The maximum atomic E-state index is 10.4. The van der Waals surface area contributed by atoms with E-state index in [2.05, 4.69) is 0 Å². The van der Waals surface area contributed by atoms with Gasteiger partial charge >= 0.3 is 0 Å². The van der Waals surface area contributed by atoms with Gasteiger partial charge in [-0.2, -0.15) is 0 Å². The summed E-state index contributed by atoms with van der Waals surface area (Å²) in [4.78, 5) is 9.45. The lowest BCUT2D eigenvalue weighted by Gasteiger charge is -1.84. The first-order valence-electron chi connectivity index (χ1n) is 3.23. The Morgan fingerprint density at radius 3 is 1.85 bits per heavy atom. The van der Waals surface area contributed by atoms with E-state index in [0.717, 1.165) is 0 Å². The van der Waals surface area contributed by atoms with Crippen molar-refractivity contribution in [1.29, 1.82) is 0 Å². The van der Waals surface area contributed by atoms with Crippen LogP contribution in [-0.4, -0.2) is 11.1 Å². The molecule has 0 atom stereocenters. The molecule has 0 amide bonds. The molecule has 0 N–H and O–H groups in total. The molecule has 0 aromatic heterocycles. The Balaban J connectivity index is 0.000000252. The minimum Gasteiger partial charge on any atom is -0.290 e. The van der Waals surface area contributed by atoms with Crippen LogP contribution in [0.15, 0.2) is 24.3 Å². The largest absolute Gasteiger partial charge is 0.290 e. The Morgan fingerprint density at radius 2 is 1.62 bits per heavy atom. The summed E-state index contributed by atoms with van der Waals surface area (Å²) in [7, 11) is 0. The van der Waals surface area contributed by atoms with Crippen molar-refractivity contribution in [2.45, 2.75) is 0 Å². The second kappa shape index (κ2) is 7.01. The molecule has 0 fully saturated rings. The van der Waals surface area contributed by atoms with Crippen LogP contribution < -0.4 is 0 Å². The lowest BCUT2D eigenvalue weighted by molar-refractivity contribution is -0.109. The fourth-order valence-corrected chi connectivity index (χ4v) is 0.561. The highest BCUT2D eigenvalue weighted by molar-refractivity contribution is 6.67. The van der Waals surface area contributed by atoms with E-state index in [-0.39, 0.29) is 11.6 Å². The van der Waals surface area contributed by atoms with Gasteiger partial charge in [0.25, 0.3) is 0 Å². The SMILES string of the molecule is O=C(Cl)CCl.[O]c1ccc(Cl)cc1. The molecule has 0 saturated heterocycles. The maximum absolute atomic E-state index is 10.4. The molecular weight excluding hydrogens is 234 g/mol. The third-order valence-corrected chi connectivity index (χ3v) is 1.68. The van der Waals surface area contributed by atoms with E-state index in [4.69, 9.17) is 34.8 Å². The number of alkyl halides is 1. The molecule has 0 bridgehead atoms. The van der Waals surface area contributed by atoms with Gasteiger partial charge in [0, 0.05) is 5.02 Å². The lowest BCUT2D eigenvalue weighted by atomic mass is 10.3. The molecule has 1 radical (unpaired) electrons. The predicted molar refractivity (Wildman–Crippen MR) is 53.2 cm³/mol. The molecular formula is C8H6Cl3O2. The zero-order valence-electron chi connectivity index (χ0n) is 6.47. The molecule has 0 aliphatic carbocycles. The van der Waals surface area contributed by atoms with Gasteiger partial charge < -0.3 is 0 Å². The van der Waals surface area contributed by atoms with Crippen molar-refractivity contribution in [3.63, 3.8) is 0 Å². The van der Waals surface area contributed by atoms with Gasteiger partial charge in [0.2, 0.25) is 5.24 Å². The van der Waals surface area contributed by atoms with Crippen LogP contribution in [-0.2, 0) is 9.90 Å². The maximum Gasteiger partial charge on any atom is 0.236 e. The molecule has 0 spiro atoms. The summed E-state index contributed by atoms with van der Waals surface area (Å²) in [5, 5.41) is 10.5. The Labute approximate surface area is 91.0 Å². The van der Waals surface area contributed by atoms with Crippen LogP contribution in [0.4, 0.5) is 0 Å². The van der Waals surface area contributed by atoms with Crippen molar-refractivity contribution in [3.05, 3.63) is 29.3 Å². The van der Waals surface area contributed by atoms with Crippen LogP contribution in [0.5, 0.6) is 5.75 Å². The van der Waals surface area contributed by atoms with Crippen LogP contribution in [0.1, 0.15) is 0 Å². The molecule has 0 heterocycles. The van der Waals surface area contributed by atoms with E-state index >= 15 is 0 Å². The van der Waals surface area contributed by atoms with Gasteiger partial charge in [0.05, 0.1) is 5.88 Å². The van der Waals surface area contributed by atoms with Crippen molar-refractivity contribution in [1.82, 2.24) is 0 Å². The Morgan fingerprint density at radius 1 is 1.23 bits per heavy atom. The molecule has 13 heavy (non-hydrogen) atoms. The molecule has 2 nitrogen and oxygen atoms in total. The summed E-state index contributed by atoms with van der Waals surface area (Å²) < 4.78 is 0. The van der Waals surface area contributed by atoms with Crippen molar-refractivity contribution in [2.75, 3.05) is 5.88 Å². The first-order valence-corrected chi connectivity index (χ1v) is 4.52. The third kappa shape index (κ3) is 7.91. The fraction of sp³-hybridized carbons (Fsp3) is 0.125. The molecule has 1 aromatic carbocycles. The lowest BCUT2D eigenvalue weighted by Crippen LogP contribution is -1.81. The van der Waals surface area contributed by atoms with Crippen molar-refractivity contribution in [3.8, 4) is 5.75 Å². The van der Waals surface area contributed by atoms with Gasteiger partial charge in [0.15, 0.2) is 5.75 Å². The second-order valence-electron chi connectivity index (χ2n) is 1.94. The molecule has 0 unspecified atom stereocenters. The quantitative estimate of drug-likeness (QED) is 0.547. The molecule has 0 aliphatic heterocycles. The molecule has 5 heteroatoms. The van der Waals surface area contributed by atoms with Gasteiger partial charge in [-0.05, 0) is 35.9 Å². The molecule has 1 rings (SSSR count). The van der Waals surface area contributed by atoms with Crippen molar-refractivity contribution in [2.24, 2.45) is 0 Å². The first kappa shape index (κ1) is 12.6. The molecule has 1 aromatic rings. The van der Waals surface area contributed by atoms with Crippen LogP contribution in [0.25, 0.3) is 0 Å². The highest BCUT2D eigenvalue weighted by atomic mass is 35.5. The summed E-state index contributed by atoms with van der Waals surface area (Å²) in [6.45, 7) is 0. The van der Waals surface area contributed by atoms with Gasteiger partial charge in [-0.25, -0.2) is 0 Å². The average Bonchev–Trinajstić information content (AvgIpc) is 2.11. The van der Waals surface area contributed by atoms with Gasteiger partial charge in [-0.3, -0.25) is 9.90 Å². The van der Waals surface area contributed by atoms with Crippen molar-refractivity contribution < 1.29 is 9.90 Å². The minimum absolute atomic E-state index is 0.00519. The van der Waals surface area contributed by atoms with E-state index in [0.29, 0.717) is 5.02 Å². The normalized spacial score (nSPS) is 8.54. The van der Waals surface area contributed by atoms with Crippen molar-refractivity contribution >= 4 is 40.0 Å². The number of hydrogen-bond acceptors (Lipinski definition) is 1. The van der Waals surface area contributed by atoms with Crippen LogP contribution in [0.3, 0.4) is 0 Å². The predicted octanol–water partition coefficient (Wildman–Crippen LogP) is 3.47. The number of rotatable bonds is 1. The number of carbonyl (C=O) groups is 1. The fourth-order valence-electron chi connectivity index (χ4n) is 0.435. The monoisotopic (exact) mass is 239 g/mol. The van der Waals surface area contributed by atoms with E-state index in [1.54, 1.807) is 12.1 Å². The van der Waals surface area contributed by atoms with E-state index < -0.39 is 5.24 Å². The summed E-state index contributed by atoms with van der Waals surface area (Å²) in [6.07, 6.45) is 0. The first-order chi connectivity index (χ1) is 6.06. The number of hydrogen-bond donors (Lipinski definition) is 0. The smallest absolute Gasteiger partial charge is 0.236 e. The Kier molecular flexibility index (Phi) is 6.77. The van der Waals surface area contributed by atoms with Crippen LogP contribution in [0.2, 0.25) is 5.02 Å². The van der Waals surface area contributed by atoms with E-state index in [1.807, 2.05) is 0 Å². The summed E-state index contributed by atoms with van der Waals surface area (Å²) in [6, 6.07) is 6.01. The van der Waals surface area contributed by atoms with E-state index in [9.17, 15) is 9.90 Å². The molecule has 0 saturated carbocycles. The standard InChI is InChI=1S/C6H4ClO.C2H2Cl2O/c7-5-1-3-6(8)4-2-5;3-1-2(4)5/h1-4H;1H2. The second-order valence-corrected chi connectivity index (χ2v) is 3.07. The average molecular weight is 240 g/mol. The summed E-state index contributed by atoms with van der Waals surface area (Å²) >= 11 is 15.0. The van der Waals surface area contributed by atoms with E-state index in [1.165, 1.54) is 12.1 Å². The third-order valence-electron chi connectivity index (χ3n) is 0.919. The van der Waals surface area contributed by atoms with Crippen LogP contribution in [0, 0.1) is 0 Å². The summed E-state index contributed by atoms with van der Waals surface area (Å²) in [5.74, 6) is -0.101. The number of carbonyl (C=O) groups excluding carboxylic acids is 1. The zero-order valence-corrected chi connectivity index (χ0v) is 8.73.